The Kier molecular flexibility index (Phi) is 5.44. The summed E-state index contributed by atoms with van der Waals surface area (Å²) in [5, 5.41) is 9.74. The Hall–Kier alpha value is -4.53. The molecule has 0 saturated carbocycles. The number of hydrogen-bond donors (Lipinski definition) is 4. The molecule has 4 N–H and O–H groups in total. The Bertz CT molecular complexity index is 1470. The summed E-state index contributed by atoms with van der Waals surface area (Å²) >= 11 is 0. The maximum atomic E-state index is 14.5. The van der Waals surface area contributed by atoms with Crippen LogP contribution in [0.15, 0.2) is 60.9 Å². The van der Waals surface area contributed by atoms with Crippen LogP contribution < -0.4 is 25.4 Å². The maximum Gasteiger partial charge on any atom is 0.255 e. The van der Waals surface area contributed by atoms with Crippen molar-refractivity contribution in [1.29, 1.82) is 0 Å². The van der Waals surface area contributed by atoms with Crippen LogP contribution in [0.25, 0.3) is 11.3 Å². The molecule has 2 aliphatic heterocycles. The van der Waals surface area contributed by atoms with E-state index in [-0.39, 0.29) is 17.6 Å². The van der Waals surface area contributed by atoms with Crippen LogP contribution in [0, 0.1) is 5.82 Å². The number of anilines is 3. The third kappa shape index (κ3) is 3.69. The minimum Gasteiger partial charge on any atom is -0.492 e. The minimum atomic E-state index is -0.501. The lowest BCUT2D eigenvalue weighted by Gasteiger charge is -2.24. The Morgan fingerprint density at radius 1 is 1.14 bits per heavy atom. The molecule has 9 heteroatoms. The minimum absolute atomic E-state index is 0.0657. The first kappa shape index (κ1) is 22.0. The molecule has 0 radical (unpaired) electrons. The smallest absolute Gasteiger partial charge is 0.255 e. The van der Waals surface area contributed by atoms with Gasteiger partial charge in [0.05, 0.1) is 54.2 Å². The molecule has 0 spiro atoms. The number of carbonyl (C=O) groups excluding carboxylic acids is 1. The summed E-state index contributed by atoms with van der Waals surface area (Å²) in [6.07, 6.45) is 3.45. The monoisotopic (exact) mass is 485 g/mol. The van der Waals surface area contributed by atoms with Gasteiger partial charge in [-0.15, -0.1) is 0 Å². The highest BCUT2D eigenvalue weighted by atomic mass is 19.1. The zero-order chi connectivity index (χ0) is 24.6. The van der Waals surface area contributed by atoms with Gasteiger partial charge in [0.25, 0.3) is 5.91 Å². The zero-order valence-electron chi connectivity index (χ0n) is 19.5. The highest BCUT2D eigenvalue weighted by Crippen LogP contribution is 2.43. The lowest BCUT2D eigenvalue weighted by molar-refractivity contribution is 0.0935. The van der Waals surface area contributed by atoms with Crippen molar-refractivity contribution in [3.8, 4) is 22.8 Å². The summed E-state index contributed by atoms with van der Waals surface area (Å²) < 4.78 is 26.0. The zero-order valence-corrected chi connectivity index (χ0v) is 19.5. The van der Waals surface area contributed by atoms with E-state index in [2.05, 4.69) is 25.9 Å². The lowest BCUT2D eigenvalue weighted by Crippen LogP contribution is -2.37. The fraction of sp³-hybridized carbons (Fsp3) is 0.185. The molecule has 0 saturated heterocycles. The molecule has 8 nitrogen and oxygen atoms in total. The van der Waals surface area contributed by atoms with Crippen molar-refractivity contribution in [2.75, 3.05) is 30.9 Å². The van der Waals surface area contributed by atoms with Gasteiger partial charge in [0.2, 0.25) is 0 Å². The largest absolute Gasteiger partial charge is 0.492 e. The van der Waals surface area contributed by atoms with Crippen LogP contribution in [-0.2, 0) is 6.54 Å². The molecule has 0 aliphatic carbocycles. The number of benzene rings is 2. The molecule has 2 bridgehead atoms. The molecule has 1 amide bonds. The van der Waals surface area contributed by atoms with Crippen LogP contribution in [-0.4, -0.2) is 36.1 Å². The number of pyridine rings is 1. The first-order valence-corrected chi connectivity index (χ1v) is 11.7. The molecular weight excluding hydrogens is 461 g/mol. The molecule has 2 aliphatic rings. The normalized spacial score (nSPS) is 16.2. The number of amides is 1. The molecular formula is C27H24FN5O3. The number of hydrogen-bond acceptors (Lipinski definition) is 6. The lowest BCUT2D eigenvalue weighted by atomic mass is 9.96. The number of ether oxygens (including phenoxy) is 2. The van der Waals surface area contributed by atoms with Crippen molar-refractivity contribution < 1.29 is 18.7 Å². The van der Waals surface area contributed by atoms with E-state index in [1.807, 2.05) is 30.3 Å². The van der Waals surface area contributed by atoms with Gasteiger partial charge in [-0.2, -0.15) is 0 Å². The maximum absolute atomic E-state index is 14.5. The number of aromatic amines is 1. The van der Waals surface area contributed by atoms with Crippen molar-refractivity contribution in [2.45, 2.75) is 12.5 Å². The quantitative estimate of drug-likeness (QED) is 0.333. The average molecular weight is 486 g/mol. The van der Waals surface area contributed by atoms with Crippen LogP contribution in [0.5, 0.6) is 11.5 Å². The van der Waals surface area contributed by atoms with Gasteiger partial charge in [-0.25, -0.2) is 4.39 Å². The van der Waals surface area contributed by atoms with Crippen LogP contribution in [0.3, 0.4) is 0 Å². The van der Waals surface area contributed by atoms with E-state index in [4.69, 9.17) is 9.47 Å². The van der Waals surface area contributed by atoms with E-state index >= 15 is 0 Å². The SMILES string of the molecule is COc1c(F)cccc1Nc1c2[nH]c3c1C(=O)NC[C@@H]3COc1ccccc1CNc1cnccc1-2. The van der Waals surface area contributed by atoms with Gasteiger partial charge in [0, 0.05) is 36.1 Å². The van der Waals surface area contributed by atoms with E-state index in [0.29, 0.717) is 42.3 Å². The van der Waals surface area contributed by atoms with E-state index in [1.165, 1.54) is 13.2 Å². The van der Waals surface area contributed by atoms with Gasteiger partial charge in [0.15, 0.2) is 11.6 Å². The summed E-state index contributed by atoms with van der Waals surface area (Å²) in [5.74, 6) is 0.00623. The number of halogens is 1. The Labute approximate surface area is 206 Å². The number of aromatic nitrogens is 2. The van der Waals surface area contributed by atoms with Crippen LogP contribution in [0.2, 0.25) is 0 Å². The van der Waals surface area contributed by atoms with Gasteiger partial charge < -0.3 is 30.4 Å². The number of para-hydroxylation sites is 2. The highest BCUT2D eigenvalue weighted by Gasteiger charge is 2.34. The molecule has 182 valence electrons. The molecule has 0 fully saturated rings. The van der Waals surface area contributed by atoms with Crippen molar-refractivity contribution in [3.63, 3.8) is 0 Å². The molecule has 4 heterocycles. The predicted octanol–water partition coefficient (Wildman–Crippen LogP) is 4.80. The van der Waals surface area contributed by atoms with Crippen LogP contribution >= 0.6 is 0 Å². The second-order valence-electron chi connectivity index (χ2n) is 8.71. The number of nitrogens with zero attached hydrogens (tertiary/aromatic N) is 1. The molecule has 4 aromatic rings. The van der Waals surface area contributed by atoms with E-state index < -0.39 is 5.82 Å². The summed E-state index contributed by atoms with van der Waals surface area (Å²) in [6.45, 7) is 1.33. The molecule has 0 unspecified atom stereocenters. The molecule has 1 atom stereocenters. The van der Waals surface area contributed by atoms with Gasteiger partial charge in [0.1, 0.15) is 5.75 Å². The molecule has 2 aromatic carbocycles. The fourth-order valence-corrected chi connectivity index (χ4v) is 4.81. The summed E-state index contributed by atoms with van der Waals surface area (Å²) in [7, 11) is 1.41. The molecule has 2 aromatic heterocycles. The van der Waals surface area contributed by atoms with Crippen molar-refractivity contribution in [1.82, 2.24) is 15.3 Å². The van der Waals surface area contributed by atoms with Crippen LogP contribution in [0.4, 0.5) is 21.5 Å². The van der Waals surface area contributed by atoms with Gasteiger partial charge in [-0.3, -0.25) is 9.78 Å². The Morgan fingerprint density at radius 3 is 2.92 bits per heavy atom. The van der Waals surface area contributed by atoms with E-state index in [1.54, 1.807) is 24.5 Å². The number of H-pyrrole nitrogens is 1. The summed E-state index contributed by atoms with van der Waals surface area (Å²) in [5.41, 5.74) is 5.46. The second kappa shape index (κ2) is 8.92. The van der Waals surface area contributed by atoms with Gasteiger partial charge in [-0.1, -0.05) is 24.3 Å². The van der Waals surface area contributed by atoms with Crippen LogP contribution in [0.1, 0.15) is 27.5 Å². The number of fused-ring (bicyclic) bond motifs is 4. The molecule has 36 heavy (non-hydrogen) atoms. The Balaban J connectivity index is 1.56. The Morgan fingerprint density at radius 2 is 2.03 bits per heavy atom. The number of carbonyl (C=O) groups is 1. The van der Waals surface area contributed by atoms with E-state index in [0.717, 1.165) is 28.3 Å². The first-order chi connectivity index (χ1) is 17.6. The van der Waals surface area contributed by atoms with Gasteiger partial charge in [-0.05, 0) is 24.3 Å². The standard InChI is InChI=1S/C27H24FN5O3/c1-35-26-18(28)6-4-7-19(26)32-25-22-23-16(12-31-27(22)34)14-36-21-8-3-2-5-15(21)11-30-20-13-29-10-9-17(20)24(25)33-23/h2-10,13,16,30,32-33H,11-12,14H2,1H3,(H,31,34)/t16-/m1/s1. The fourth-order valence-electron chi connectivity index (χ4n) is 4.81. The first-order valence-electron chi connectivity index (χ1n) is 11.7. The number of nitrogens with one attached hydrogen (secondary N) is 4. The van der Waals surface area contributed by atoms with Crippen molar-refractivity contribution in [3.05, 3.63) is 83.6 Å². The van der Waals surface area contributed by atoms with Crippen molar-refractivity contribution in [2.24, 2.45) is 0 Å². The van der Waals surface area contributed by atoms with Gasteiger partial charge >= 0.3 is 0 Å². The topological polar surface area (TPSA) is 100 Å². The third-order valence-electron chi connectivity index (χ3n) is 6.58. The predicted molar refractivity (Wildman–Crippen MR) is 135 cm³/mol. The third-order valence-corrected chi connectivity index (χ3v) is 6.58. The molecule has 6 rings (SSSR count). The summed E-state index contributed by atoms with van der Waals surface area (Å²) in [4.78, 5) is 21.0. The number of rotatable bonds is 3. The summed E-state index contributed by atoms with van der Waals surface area (Å²) in [6, 6.07) is 14.4. The highest BCUT2D eigenvalue weighted by molar-refractivity contribution is 6.07. The average Bonchev–Trinajstić information content (AvgIpc) is 3.27. The van der Waals surface area contributed by atoms with Crippen molar-refractivity contribution >= 4 is 23.0 Å². The van der Waals surface area contributed by atoms with E-state index in [9.17, 15) is 9.18 Å². The number of methoxy groups -OCH3 is 1. The second-order valence-corrected chi connectivity index (χ2v) is 8.71.